The van der Waals surface area contributed by atoms with Gasteiger partial charge >= 0.3 is 6.18 Å². The first kappa shape index (κ1) is 17.7. The highest BCUT2D eigenvalue weighted by Crippen LogP contribution is 2.28. The molecule has 8 heteroatoms. The second-order valence-corrected chi connectivity index (χ2v) is 4.83. The Morgan fingerprint density at radius 3 is 2.71 bits per heavy atom. The van der Waals surface area contributed by atoms with Crippen LogP contribution in [0.25, 0.3) is 0 Å². The molecular weight excluding hydrogens is 307 g/mol. The van der Waals surface area contributed by atoms with Gasteiger partial charge in [-0.2, -0.15) is 13.2 Å². The zero-order valence-electron chi connectivity index (χ0n) is 11.5. The first-order chi connectivity index (χ1) is 9.38. The molecule has 0 spiro atoms. The van der Waals surface area contributed by atoms with E-state index in [2.05, 4.69) is 15.6 Å². The van der Waals surface area contributed by atoms with Crippen molar-refractivity contribution in [1.29, 1.82) is 0 Å². The van der Waals surface area contributed by atoms with Crippen LogP contribution in [-0.2, 0) is 6.18 Å². The Morgan fingerprint density at radius 1 is 1.48 bits per heavy atom. The molecule has 1 aromatic rings. The molecule has 0 saturated carbocycles. The Labute approximate surface area is 126 Å². The molecule has 1 aliphatic heterocycles. The number of alkyl halides is 3. The van der Waals surface area contributed by atoms with Gasteiger partial charge in [0.2, 0.25) is 0 Å². The molecule has 4 nitrogen and oxygen atoms in total. The van der Waals surface area contributed by atoms with Crippen LogP contribution in [0.5, 0.6) is 0 Å². The smallest absolute Gasteiger partial charge is 0.350 e. The molecule has 0 aromatic carbocycles. The molecule has 1 aliphatic rings. The minimum Gasteiger partial charge on any atom is -0.350 e. The van der Waals surface area contributed by atoms with Crippen molar-refractivity contribution in [3.05, 3.63) is 29.1 Å². The predicted molar refractivity (Wildman–Crippen MR) is 74.6 cm³/mol. The maximum Gasteiger partial charge on any atom is 0.433 e. The van der Waals surface area contributed by atoms with Crippen LogP contribution in [0.15, 0.2) is 12.1 Å². The van der Waals surface area contributed by atoms with Crippen LogP contribution in [0, 0.1) is 6.92 Å². The lowest BCUT2D eigenvalue weighted by Crippen LogP contribution is -2.37. The number of nitrogens with one attached hydrogen (secondary N) is 2. The summed E-state index contributed by atoms with van der Waals surface area (Å²) in [4.78, 5) is 15.4. The van der Waals surface area contributed by atoms with Crippen LogP contribution in [0.3, 0.4) is 0 Å². The topological polar surface area (TPSA) is 54.0 Å². The molecular formula is C13H17ClF3N3O. The molecule has 1 amide bonds. The number of carbonyl (C=O) groups is 1. The molecule has 1 unspecified atom stereocenters. The molecule has 1 fully saturated rings. The summed E-state index contributed by atoms with van der Waals surface area (Å²) < 4.78 is 37.4. The van der Waals surface area contributed by atoms with Gasteiger partial charge in [0.05, 0.1) is 11.3 Å². The van der Waals surface area contributed by atoms with Crippen molar-refractivity contribution in [3.8, 4) is 0 Å². The van der Waals surface area contributed by atoms with Crippen molar-refractivity contribution in [3.63, 3.8) is 0 Å². The van der Waals surface area contributed by atoms with E-state index >= 15 is 0 Å². The second-order valence-electron chi connectivity index (χ2n) is 4.83. The molecule has 1 aromatic heterocycles. The van der Waals surface area contributed by atoms with E-state index in [0.717, 1.165) is 25.5 Å². The molecule has 0 aliphatic carbocycles. The molecule has 0 radical (unpaired) electrons. The van der Waals surface area contributed by atoms with Gasteiger partial charge in [-0.25, -0.2) is 4.98 Å². The van der Waals surface area contributed by atoms with Crippen LogP contribution < -0.4 is 10.6 Å². The highest BCUT2D eigenvalue weighted by molar-refractivity contribution is 5.95. The fraction of sp³-hybridized carbons (Fsp3) is 0.538. The van der Waals surface area contributed by atoms with Gasteiger partial charge in [-0.15, -0.1) is 12.4 Å². The van der Waals surface area contributed by atoms with Crippen LogP contribution in [0.1, 0.15) is 34.6 Å². The molecule has 2 heterocycles. The van der Waals surface area contributed by atoms with E-state index in [0.29, 0.717) is 6.54 Å². The predicted octanol–water partition coefficient (Wildman–Crippen LogP) is 2.31. The molecule has 2 rings (SSSR count). The molecule has 21 heavy (non-hydrogen) atoms. The third kappa shape index (κ3) is 4.57. The Morgan fingerprint density at radius 2 is 2.19 bits per heavy atom. The fourth-order valence-electron chi connectivity index (χ4n) is 2.20. The normalized spacial score (nSPS) is 18.2. The fourth-order valence-corrected chi connectivity index (χ4v) is 2.20. The average Bonchev–Trinajstić information content (AvgIpc) is 2.87. The summed E-state index contributed by atoms with van der Waals surface area (Å²) in [5, 5.41) is 5.95. The summed E-state index contributed by atoms with van der Waals surface area (Å²) in [6.07, 6.45) is -2.43. The van der Waals surface area contributed by atoms with Gasteiger partial charge in [-0.05, 0) is 38.4 Å². The highest BCUT2D eigenvalue weighted by Gasteiger charge is 2.33. The summed E-state index contributed by atoms with van der Waals surface area (Å²) in [7, 11) is 0. The minimum absolute atomic E-state index is 0. The number of hydrogen-bond donors (Lipinski definition) is 2. The monoisotopic (exact) mass is 323 g/mol. The van der Waals surface area contributed by atoms with Gasteiger partial charge in [0.25, 0.3) is 5.91 Å². The lowest BCUT2D eigenvalue weighted by molar-refractivity contribution is -0.141. The minimum atomic E-state index is -4.49. The maximum absolute atomic E-state index is 12.5. The van der Waals surface area contributed by atoms with E-state index in [9.17, 15) is 18.0 Å². The largest absolute Gasteiger partial charge is 0.433 e. The number of halogens is 4. The van der Waals surface area contributed by atoms with E-state index < -0.39 is 17.8 Å². The number of hydrogen-bond acceptors (Lipinski definition) is 3. The summed E-state index contributed by atoms with van der Waals surface area (Å²) in [6, 6.07) is 2.24. The van der Waals surface area contributed by atoms with E-state index in [1.54, 1.807) is 0 Å². The number of pyridine rings is 1. The Kier molecular flexibility index (Phi) is 5.98. The summed E-state index contributed by atoms with van der Waals surface area (Å²) in [5.41, 5.74) is -0.725. The van der Waals surface area contributed by atoms with Crippen molar-refractivity contribution in [2.75, 3.05) is 13.1 Å². The zero-order valence-corrected chi connectivity index (χ0v) is 12.3. The molecule has 1 saturated heterocycles. The summed E-state index contributed by atoms with van der Waals surface area (Å²) in [6.45, 7) is 2.80. The van der Waals surface area contributed by atoms with Crippen molar-refractivity contribution < 1.29 is 18.0 Å². The number of aromatic nitrogens is 1. The number of aryl methyl sites for hydroxylation is 1. The lowest BCUT2D eigenvalue weighted by Gasteiger charge is -2.13. The molecule has 118 valence electrons. The number of carbonyl (C=O) groups excluding carboxylic acids is 1. The SMILES string of the molecule is Cc1nc(C(F)(F)F)ccc1C(=O)NCC1CCCN1.Cl. The van der Waals surface area contributed by atoms with Crippen LogP contribution in [0.4, 0.5) is 13.2 Å². The van der Waals surface area contributed by atoms with Crippen LogP contribution in [0.2, 0.25) is 0 Å². The van der Waals surface area contributed by atoms with Crippen LogP contribution in [-0.4, -0.2) is 30.0 Å². The Hall–Kier alpha value is -1.34. The van der Waals surface area contributed by atoms with Gasteiger partial charge in [0, 0.05) is 12.6 Å². The number of amides is 1. The first-order valence-corrected chi connectivity index (χ1v) is 6.44. The highest BCUT2D eigenvalue weighted by atomic mass is 35.5. The van der Waals surface area contributed by atoms with E-state index in [-0.39, 0.29) is 29.7 Å². The van der Waals surface area contributed by atoms with Gasteiger partial charge < -0.3 is 10.6 Å². The van der Waals surface area contributed by atoms with E-state index in [1.165, 1.54) is 13.0 Å². The maximum atomic E-state index is 12.5. The van der Waals surface area contributed by atoms with Crippen LogP contribution >= 0.6 is 12.4 Å². The summed E-state index contributed by atoms with van der Waals surface area (Å²) in [5.74, 6) is -0.391. The first-order valence-electron chi connectivity index (χ1n) is 6.44. The van der Waals surface area contributed by atoms with Crippen molar-refractivity contribution in [1.82, 2.24) is 15.6 Å². The third-order valence-corrected chi connectivity index (χ3v) is 3.29. The van der Waals surface area contributed by atoms with Gasteiger partial charge in [-0.1, -0.05) is 0 Å². The van der Waals surface area contributed by atoms with Gasteiger partial charge in [0.15, 0.2) is 0 Å². The molecule has 2 N–H and O–H groups in total. The third-order valence-electron chi connectivity index (χ3n) is 3.29. The lowest BCUT2D eigenvalue weighted by atomic mass is 10.1. The standard InChI is InChI=1S/C13H16F3N3O.ClH/c1-8-10(4-5-11(19-8)13(14,15)16)12(20)18-7-9-3-2-6-17-9;/h4-5,9,17H,2-3,6-7H2,1H3,(H,18,20);1H. The second kappa shape index (κ2) is 7.09. The van der Waals surface area contributed by atoms with Crippen molar-refractivity contribution in [2.45, 2.75) is 32.0 Å². The Balaban J connectivity index is 0.00000220. The van der Waals surface area contributed by atoms with E-state index in [1.807, 2.05) is 0 Å². The van der Waals surface area contributed by atoms with Crippen molar-refractivity contribution in [2.24, 2.45) is 0 Å². The quantitative estimate of drug-likeness (QED) is 0.897. The molecule has 0 bridgehead atoms. The summed E-state index contributed by atoms with van der Waals surface area (Å²) >= 11 is 0. The Bertz CT molecular complexity index is 502. The number of rotatable bonds is 3. The van der Waals surface area contributed by atoms with Crippen molar-refractivity contribution >= 4 is 18.3 Å². The molecule has 1 atom stereocenters. The number of nitrogens with zero attached hydrogens (tertiary/aromatic N) is 1. The van der Waals surface area contributed by atoms with Gasteiger partial charge in [-0.3, -0.25) is 4.79 Å². The zero-order chi connectivity index (χ0) is 14.8. The average molecular weight is 324 g/mol. The van der Waals surface area contributed by atoms with Gasteiger partial charge in [0.1, 0.15) is 5.69 Å². The van der Waals surface area contributed by atoms with E-state index in [4.69, 9.17) is 0 Å².